The zero-order valence-electron chi connectivity index (χ0n) is 16.1. The number of ether oxygens (including phenoxy) is 4. The van der Waals surface area contributed by atoms with Gasteiger partial charge in [-0.3, -0.25) is 4.79 Å². The Morgan fingerprint density at radius 1 is 1.21 bits per heavy atom. The molecule has 1 aromatic heterocycles. The molecule has 1 aliphatic carbocycles. The van der Waals surface area contributed by atoms with E-state index in [0.29, 0.717) is 42.9 Å². The van der Waals surface area contributed by atoms with Crippen LogP contribution in [0.5, 0.6) is 17.5 Å². The number of carbonyl (C=O) groups excluding carboxylic acids is 1. The van der Waals surface area contributed by atoms with Gasteiger partial charge in [-0.2, -0.15) is 9.67 Å². The highest BCUT2D eigenvalue weighted by Crippen LogP contribution is 2.36. The molecule has 1 saturated carbocycles. The van der Waals surface area contributed by atoms with Crippen molar-refractivity contribution < 1.29 is 23.7 Å². The summed E-state index contributed by atoms with van der Waals surface area (Å²) in [6, 6.07) is 5.63. The summed E-state index contributed by atoms with van der Waals surface area (Å²) >= 11 is 0. The second-order valence-corrected chi connectivity index (χ2v) is 7.12. The Morgan fingerprint density at radius 3 is 2.86 bits per heavy atom. The molecule has 1 aliphatic heterocycles. The maximum absolute atomic E-state index is 12.9. The third-order valence-electron chi connectivity index (χ3n) is 5.21. The summed E-state index contributed by atoms with van der Waals surface area (Å²) < 4.78 is 22.7. The zero-order valence-corrected chi connectivity index (χ0v) is 16.1. The first-order valence-electron chi connectivity index (χ1n) is 9.76. The molecule has 0 spiro atoms. The van der Waals surface area contributed by atoms with Gasteiger partial charge in [-0.1, -0.05) is 25.7 Å². The van der Waals surface area contributed by atoms with E-state index in [1.165, 1.54) is 30.4 Å². The van der Waals surface area contributed by atoms with Crippen LogP contribution in [0.15, 0.2) is 18.2 Å². The quantitative estimate of drug-likeness (QED) is 0.643. The van der Waals surface area contributed by atoms with Gasteiger partial charge in [0.15, 0.2) is 17.3 Å². The SMILES string of the molecule is COCCOc1nc(-c2ccc3c(c2)OCO3)n(C(=O)CCC2CCCC2)n1. The van der Waals surface area contributed by atoms with Crippen LogP contribution in [-0.2, 0) is 4.74 Å². The lowest BCUT2D eigenvalue weighted by atomic mass is 10.0. The van der Waals surface area contributed by atoms with E-state index in [1.807, 2.05) is 18.2 Å². The average Bonchev–Trinajstić information content (AvgIpc) is 3.45. The van der Waals surface area contributed by atoms with Crippen molar-refractivity contribution in [2.75, 3.05) is 27.1 Å². The minimum Gasteiger partial charge on any atom is -0.460 e. The van der Waals surface area contributed by atoms with Crippen LogP contribution in [0, 0.1) is 5.92 Å². The van der Waals surface area contributed by atoms with Crippen LogP contribution < -0.4 is 14.2 Å². The highest BCUT2D eigenvalue weighted by atomic mass is 16.7. The van der Waals surface area contributed by atoms with Gasteiger partial charge in [0.2, 0.25) is 12.7 Å². The molecule has 0 amide bonds. The molecule has 1 aromatic carbocycles. The molecule has 8 heteroatoms. The Morgan fingerprint density at radius 2 is 2.04 bits per heavy atom. The predicted octanol–water partition coefficient (Wildman–Crippen LogP) is 3.31. The van der Waals surface area contributed by atoms with Gasteiger partial charge < -0.3 is 18.9 Å². The molecular formula is C20H25N3O5. The molecule has 0 bridgehead atoms. The second kappa shape index (κ2) is 8.60. The molecule has 0 unspecified atom stereocenters. The standard InChI is InChI=1S/C20H25N3O5/c1-25-10-11-26-20-21-19(15-7-8-16-17(12-15)28-13-27-16)23(22-20)18(24)9-6-14-4-2-3-5-14/h7-8,12,14H,2-6,9-11,13H2,1H3. The maximum Gasteiger partial charge on any atom is 0.336 e. The first-order chi connectivity index (χ1) is 13.7. The van der Waals surface area contributed by atoms with Crippen molar-refractivity contribution in [3.8, 4) is 28.9 Å². The Labute approximate surface area is 163 Å². The molecule has 0 saturated heterocycles. The van der Waals surface area contributed by atoms with Crippen molar-refractivity contribution in [3.63, 3.8) is 0 Å². The third-order valence-corrected chi connectivity index (χ3v) is 5.21. The molecule has 2 aliphatic rings. The van der Waals surface area contributed by atoms with Crippen molar-refractivity contribution in [2.45, 2.75) is 38.5 Å². The van der Waals surface area contributed by atoms with Crippen molar-refractivity contribution in [1.82, 2.24) is 14.8 Å². The van der Waals surface area contributed by atoms with E-state index in [4.69, 9.17) is 18.9 Å². The van der Waals surface area contributed by atoms with Gasteiger partial charge >= 0.3 is 6.01 Å². The molecule has 2 aromatic rings. The molecule has 0 N–H and O–H groups in total. The Kier molecular flexibility index (Phi) is 5.76. The van der Waals surface area contributed by atoms with Crippen LogP contribution in [0.2, 0.25) is 0 Å². The molecule has 0 atom stereocenters. The average molecular weight is 387 g/mol. The smallest absolute Gasteiger partial charge is 0.336 e. The monoisotopic (exact) mass is 387 g/mol. The molecule has 150 valence electrons. The molecule has 8 nitrogen and oxygen atoms in total. The lowest BCUT2D eigenvalue weighted by Gasteiger charge is -2.09. The van der Waals surface area contributed by atoms with Gasteiger partial charge in [-0.25, -0.2) is 0 Å². The summed E-state index contributed by atoms with van der Waals surface area (Å²) in [6.45, 7) is 0.929. The topological polar surface area (TPSA) is 84.7 Å². The highest BCUT2D eigenvalue weighted by molar-refractivity contribution is 5.82. The fraction of sp³-hybridized carbons (Fsp3) is 0.550. The predicted molar refractivity (Wildman–Crippen MR) is 101 cm³/mol. The van der Waals surface area contributed by atoms with E-state index < -0.39 is 0 Å². The summed E-state index contributed by atoms with van der Waals surface area (Å²) in [6.07, 6.45) is 6.29. The molecule has 2 heterocycles. The number of hydrogen-bond donors (Lipinski definition) is 0. The molecule has 4 rings (SSSR count). The van der Waals surface area contributed by atoms with Gasteiger partial charge in [-0.05, 0) is 30.5 Å². The van der Waals surface area contributed by atoms with E-state index in [-0.39, 0.29) is 18.7 Å². The van der Waals surface area contributed by atoms with Crippen molar-refractivity contribution >= 4 is 5.91 Å². The van der Waals surface area contributed by atoms with Gasteiger partial charge in [0.1, 0.15) is 6.61 Å². The van der Waals surface area contributed by atoms with Crippen LogP contribution >= 0.6 is 0 Å². The first kappa shape index (κ1) is 18.7. The van der Waals surface area contributed by atoms with Crippen molar-refractivity contribution in [3.05, 3.63) is 18.2 Å². The molecular weight excluding hydrogens is 362 g/mol. The Balaban J connectivity index is 1.56. The number of benzene rings is 1. The maximum atomic E-state index is 12.9. The second-order valence-electron chi connectivity index (χ2n) is 7.12. The first-order valence-corrected chi connectivity index (χ1v) is 9.76. The minimum atomic E-state index is -0.0753. The van der Waals surface area contributed by atoms with Crippen LogP contribution in [0.4, 0.5) is 0 Å². The lowest BCUT2D eigenvalue weighted by molar-refractivity contribution is 0.0875. The number of aromatic nitrogens is 3. The number of hydrogen-bond acceptors (Lipinski definition) is 7. The number of carbonyl (C=O) groups is 1. The van der Waals surface area contributed by atoms with E-state index >= 15 is 0 Å². The summed E-state index contributed by atoms with van der Waals surface area (Å²) in [5, 5.41) is 4.30. The highest BCUT2D eigenvalue weighted by Gasteiger charge is 2.23. The van der Waals surface area contributed by atoms with Crippen molar-refractivity contribution in [1.29, 1.82) is 0 Å². The van der Waals surface area contributed by atoms with Crippen LogP contribution in [-0.4, -0.2) is 47.8 Å². The van der Waals surface area contributed by atoms with E-state index in [1.54, 1.807) is 7.11 Å². The zero-order chi connectivity index (χ0) is 19.3. The molecule has 0 radical (unpaired) electrons. The minimum absolute atomic E-state index is 0.0753. The third kappa shape index (κ3) is 4.11. The summed E-state index contributed by atoms with van der Waals surface area (Å²) in [7, 11) is 1.60. The van der Waals surface area contributed by atoms with Crippen LogP contribution in [0.1, 0.15) is 43.3 Å². The van der Waals surface area contributed by atoms with Crippen molar-refractivity contribution in [2.24, 2.45) is 5.92 Å². The molecule has 28 heavy (non-hydrogen) atoms. The summed E-state index contributed by atoms with van der Waals surface area (Å²) in [5.74, 6) is 2.32. The van der Waals surface area contributed by atoms with Crippen LogP contribution in [0.3, 0.4) is 0 Å². The number of rotatable bonds is 8. The molecule has 1 fully saturated rings. The number of methoxy groups -OCH3 is 1. The van der Waals surface area contributed by atoms with Crippen LogP contribution in [0.25, 0.3) is 11.4 Å². The summed E-state index contributed by atoms with van der Waals surface area (Å²) in [4.78, 5) is 17.3. The number of nitrogens with zero attached hydrogens (tertiary/aromatic N) is 3. The van der Waals surface area contributed by atoms with Gasteiger partial charge in [0.25, 0.3) is 0 Å². The Hall–Kier alpha value is -2.61. The Bertz CT molecular complexity index is 829. The van der Waals surface area contributed by atoms with E-state index in [2.05, 4.69) is 10.1 Å². The van der Waals surface area contributed by atoms with E-state index in [0.717, 1.165) is 12.0 Å². The lowest BCUT2D eigenvalue weighted by Crippen LogP contribution is -2.15. The normalized spacial score (nSPS) is 15.9. The van der Waals surface area contributed by atoms with Gasteiger partial charge in [-0.15, -0.1) is 5.10 Å². The van der Waals surface area contributed by atoms with E-state index in [9.17, 15) is 4.79 Å². The largest absolute Gasteiger partial charge is 0.460 e. The fourth-order valence-corrected chi connectivity index (χ4v) is 3.70. The summed E-state index contributed by atoms with van der Waals surface area (Å²) in [5.41, 5.74) is 0.729. The van der Waals surface area contributed by atoms with Gasteiger partial charge in [0, 0.05) is 19.1 Å². The number of fused-ring (bicyclic) bond motifs is 1. The fourth-order valence-electron chi connectivity index (χ4n) is 3.70. The van der Waals surface area contributed by atoms with Gasteiger partial charge in [0.05, 0.1) is 6.61 Å².